The Morgan fingerprint density at radius 1 is 1.44 bits per heavy atom. The highest BCUT2D eigenvalue weighted by molar-refractivity contribution is 9.10. The van der Waals surface area contributed by atoms with Gasteiger partial charge in [0, 0.05) is 10.7 Å². The molecule has 0 aliphatic carbocycles. The number of nitrogens with zero attached hydrogens (tertiary/aromatic N) is 2. The predicted molar refractivity (Wildman–Crippen MR) is 67.5 cm³/mol. The molecule has 3 heterocycles. The summed E-state index contributed by atoms with van der Waals surface area (Å²) in [6, 6.07) is 4.57. The Bertz CT molecular complexity index is 500. The van der Waals surface area contributed by atoms with Crippen molar-refractivity contribution in [3.05, 3.63) is 34.8 Å². The average Bonchev–Trinajstić information content (AvgIpc) is 2.73. The van der Waals surface area contributed by atoms with Crippen LogP contribution in [0.25, 0.3) is 5.52 Å². The minimum absolute atomic E-state index is 0.414. The molecule has 1 aliphatic rings. The van der Waals surface area contributed by atoms with E-state index in [9.17, 15) is 0 Å². The summed E-state index contributed by atoms with van der Waals surface area (Å²) in [6.45, 7) is 1.11. The number of hydrogen-bond donors (Lipinski definition) is 1. The Balaban J connectivity index is 2.03. The maximum absolute atomic E-state index is 4.54. The zero-order chi connectivity index (χ0) is 11.0. The van der Waals surface area contributed by atoms with Crippen LogP contribution in [-0.2, 0) is 0 Å². The first-order chi connectivity index (χ1) is 7.84. The highest BCUT2D eigenvalue weighted by atomic mass is 79.9. The standard InChI is InChI=1S/C12H14BrN3/c13-9-4-6-16-10(7-9)8-15-12(16)11-3-1-2-5-14-11/h4,6-8,11,14H,1-3,5H2. The van der Waals surface area contributed by atoms with Crippen molar-refractivity contribution >= 4 is 21.4 Å². The van der Waals surface area contributed by atoms with Crippen LogP contribution in [0.4, 0.5) is 0 Å². The molecule has 0 amide bonds. The minimum atomic E-state index is 0.414. The van der Waals surface area contributed by atoms with Crippen molar-refractivity contribution in [1.29, 1.82) is 0 Å². The number of aromatic nitrogens is 2. The molecule has 0 radical (unpaired) electrons. The van der Waals surface area contributed by atoms with Crippen molar-refractivity contribution in [2.24, 2.45) is 0 Å². The number of piperidine rings is 1. The lowest BCUT2D eigenvalue weighted by Crippen LogP contribution is -2.28. The molecule has 84 valence electrons. The monoisotopic (exact) mass is 279 g/mol. The lowest BCUT2D eigenvalue weighted by molar-refractivity contribution is 0.396. The van der Waals surface area contributed by atoms with Crippen molar-refractivity contribution < 1.29 is 0 Å². The maximum Gasteiger partial charge on any atom is 0.130 e. The van der Waals surface area contributed by atoms with E-state index in [-0.39, 0.29) is 0 Å². The fraction of sp³-hybridized carbons (Fsp3) is 0.417. The summed E-state index contributed by atoms with van der Waals surface area (Å²) in [7, 11) is 0. The molecule has 1 fully saturated rings. The lowest BCUT2D eigenvalue weighted by atomic mass is 10.0. The molecule has 4 heteroatoms. The van der Waals surface area contributed by atoms with Gasteiger partial charge < -0.3 is 9.72 Å². The zero-order valence-corrected chi connectivity index (χ0v) is 10.6. The summed E-state index contributed by atoms with van der Waals surface area (Å²) in [5.74, 6) is 1.14. The van der Waals surface area contributed by atoms with Crippen LogP contribution in [-0.4, -0.2) is 15.9 Å². The molecule has 3 rings (SSSR count). The van der Waals surface area contributed by atoms with Crippen LogP contribution < -0.4 is 5.32 Å². The van der Waals surface area contributed by atoms with E-state index in [1.165, 1.54) is 19.3 Å². The second-order valence-electron chi connectivity index (χ2n) is 4.26. The second-order valence-corrected chi connectivity index (χ2v) is 5.17. The van der Waals surface area contributed by atoms with Gasteiger partial charge in [0.1, 0.15) is 5.82 Å². The molecular formula is C12H14BrN3. The minimum Gasteiger partial charge on any atom is -0.307 e. The first kappa shape index (κ1) is 10.3. The molecule has 0 aromatic carbocycles. The normalized spacial score (nSPS) is 21.4. The fourth-order valence-electron chi connectivity index (χ4n) is 2.32. The highest BCUT2D eigenvalue weighted by Gasteiger charge is 2.18. The third-order valence-corrected chi connectivity index (χ3v) is 3.64. The molecular weight excluding hydrogens is 266 g/mol. The number of rotatable bonds is 1. The van der Waals surface area contributed by atoms with Gasteiger partial charge in [-0.1, -0.05) is 22.4 Å². The number of fused-ring (bicyclic) bond motifs is 1. The lowest BCUT2D eigenvalue weighted by Gasteiger charge is -2.22. The highest BCUT2D eigenvalue weighted by Crippen LogP contribution is 2.23. The van der Waals surface area contributed by atoms with Crippen molar-refractivity contribution in [3.63, 3.8) is 0 Å². The van der Waals surface area contributed by atoms with Gasteiger partial charge in [-0.25, -0.2) is 4.98 Å². The molecule has 0 bridgehead atoms. The Kier molecular flexibility index (Phi) is 2.69. The second kappa shape index (κ2) is 4.18. The van der Waals surface area contributed by atoms with Gasteiger partial charge in [-0.05, 0) is 31.5 Å². The van der Waals surface area contributed by atoms with Crippen LogP contribution in [0.5, 0.6) is 0 Å². The molecule has 1 N–H and O–H groups in total. The van der Waals surface area contributed by atoms with Crippen molar-refractivity contribution in [2.45, 2.75) is 25.3 Å². The summed E-state index contributed by atoms with van der Waals surface area (Å²) in [4.78, 5) is 4.54. The van der Waals surface area contributed by atoms with Crippen LogP contribution in [0, 0.1) is 0 Å². The Labute approximate surface area is 103 Å². The molecule has 3 nitrogen and oxygen atoms in total. The third-order valence-electron chi connectivity index (χ3n) is 3.14. The Morgan fingerprint density at radius 2 is 2.38 bits per heavy atom. The number of hydrogen-bond acceptors (Lipinski definition) is 2. The molecule has 1 aliphatic heterocycles. The summed E-state index contributed by atoms with van der Waals surface area (Å²) < 4.78 is 3.27. The molecule has 2 aromatic heterocycles. The number of nitrogens with one attached hydrogen (secondary N) is 1. The number of halogens is 1. The summed E-state index contributed by atoms with van der Waals surface area (Å²) in [5.41, 5.74) is 1.15. The molecule has 1 saturated heterocycles. The SMILES string of the molecule is Brc1ccn2c(C3CCCCN3)ncc2c1. The van der Waals surface area contributed by atoms with Crippen molar-refractivity contribution in [2.75, 3.05) is 6.54 Å². The smallest absolute Gasteiger partial charge is 0.130 e. The third kappa shape index (κ3) is 1.76. The van der Waals surface area contributed by atoms with Crippen molar-refractivity contribution in [1.82, 2.24) is 14.7 Å². The van der Waals surface area contributed by atoms with Gasteiger partial charge in [0.15, 0.2) is 0 Å². The van der Waals surface area contributed by atoms with Gasteiger partial charge >= 0.3 is 0 Å². The molecule has 1 unspecified atom stereocenters. The van der Waals surface area contributed by atoms with E-state index in [4.69, 9.17) is 0 Å². The molecule has 16 heavy (non-hydrogen) atoms. The van der Waals surface area contributed by atoms with E-state index >= 15 is 0 Å². The molecule has 0 spiro atoms. The topological polar surface area (TPSA) is 29.3 Å². The van der Waals surface area contributed by atoms with Crippen LogP contribution >= 0.6 is 15.9 Å². The van der Waals surface area contributed by atoms with Gasteiger partial charge in [-0.2, -0.15) is 0 Å². The summed E-state index contributed by atoms with van der Waals surface area (Å²) in [5, 5.41) is 3.53. The molecule has 0 saturated carbocycles. The van der Waals surface area contributed by atoms with Gasteiger partial charge in [-0.15, -0.1) is 0 Å². The van der Waals surface area contributed by atoms with Gasteiger partial charge in [0.2, 0.25) is 0 Å². The van der Waals surface area contributed by atoms with Crippen LogP contribution in [0.3, 0.4) is 0 Å². The van der Waals surface area contributed by atoms with Crippen LogP contribution in [0.1, 0.15) is 31.1 Å². The number of pyridine rings is 1. The van der Waals surface area contributed by atoms with E-state index in [0.717, 1.165) is 22.4 Å². The number of imidazole rings is 1. The quantitative estimate of drug-likeness (QED) is 0.870. The van der Waals surface area contributed by atoms with E-state index in [0.29, 0.717) is 6.04 Å². The first-order valence-electron chi connectivity index (χ1n) is 5.70. The van der Waals surface area contributed by atoms with Crippen LogP contribution in [0.2, 0.25) is 0 Å². The van der Waals surface area contributed by atoms with Crippen molar-refractivity contribution in [3.8, 4) is 0 Å². The van der Waals surface area contributed by atoms with Gasteiger partial charge in [0.25, 0.3) is 0 Å². The molecule has 1 atom stereocenters. The Hall–Kier alpha value is -0.870. The van der Waals surface area contributed by atoms with E-state index in [1.54, 1.807) is 0 Å². The van der Waals surface area contributed by atoms with E-state index in [2.05, 4.69) is 49.0 Å². The van der Waals surface area contributed by atoms with Gasteiger partial charge in [0.05, 0.1) is 17.8 Å². The predicted octanol–water partition coefficient (Wildman–Crippen LogP) is 2.91. The largest absolute Gasteiger partial charge is 0.307 e. The summed E-state index contributed by atoms with van der Waals surface area (Å²) >= 11 is 3.48. The van der Waals surface area contributed by atoms with Gasteiger partial charge in [-0.3, -0.25) is 0 Å². The summed E-state index contributed by atoms with van der Waals surface area (Å²) in [6.07, 6.45) is 7.79. The van der Waals surface area contributed by atoms with E-state index < -0.39 is 0 Å². The van der Waals surface area contributed by atoms with E-state index in [1.807, 2.05) is 6.20 Å². The fourth-order valence-corrected chi connectivity index (χ4v) is 2.68. The first-order valence-corrected chi connectivity index (χ1v) is 6.50. The zero-order valence-electron chi connectivity index (χ0n) is 8.99. The van der Waals surface area contributed by atoms with Crippen LogP contribution in [0.15, 0.2) is 29.0 Å². The average molecular weight is 280 g/mol. The molecule has 2 aromatic rings. The Morgan fingerprint density at radius 3 is 3.19 bits per heavy atom. The maximum atomic E-state index is 4.54.